The van der Waals surface area contributed by atoms with Crippen molar-refractivity contribution >= 4 is 5.78 Å². The van der Waals surface area contributed by atoms with Crippen LogP contribution in [0.15, 0.2) is 42.5 Å². The van der Waals surface area contributed by atoms with Gasteiger partial charge in [-0.1, -0.05) is 0 Å². The monoisotopic (exact) mass is 280 g/mol. The maximum absolute atomic E-state index is 13.1. The second kappa shape index (κ2) is 5.77. The smallest absolute Gasteiger partial charge is 0.387 e. The van der Waals surface area contributed by atoms with Crippen LogP contribution in [0, 0.1) is 12.7 Å². The molecule has 0 saturated carbocycles. The summed E-state index contributed by atoms with van der Waals surface area (Å²) in [5, 5.41) is 0. The van der Waals surface area contributed by atoms with E-state index >= 15 is 0 Å². The first-order valence-electron chi connectivity index (χ1n) is 5.83. The topological polar surface area (TPSA) is 26.3 Å². The Balaban J connectivity index is 2.22. The summed E-state index contributed by atoms with van der Waals surface area (Å²) >= 11 is 0. The van der Waals surface area contributed by atoms with Crippen molar-refractivity contribution in [2.45, 2.75) is 13.5 Å². The van der Waals surface area contributed by atoms with Gasteiger partial charge in [0, 0.05) is 11.1 Å². The molecule has 0 amide bonds. The molecule has 104 valence electrons. The Kier molecular flexibility index (Phi) is 4.08. The van der Waals surface area contributed by atoms with Crippen LogP contribution in [0.5, 0.6) is 5.75 Å². The first-order chi connectivity index (χ1) is 9.47. The third-order valence-electron chi connectivity index (χ3n) is 2.76. The maximum Gasteiger partial charge on any atom is 0.387 e. The first-order valence-corrected chi connectivity index (χ1v) is 5.83. The predicted octanol–water partition coefficient (Wildman–Crippen LogP) is 3.97. The number of ether oxygens (including phenoxy) is 1. The summed E-state index contributed by atoms with van der Waals surface area (Å²) in [6.45, 7) is -1.35. The lowest BCUT2D eigenvalue weighted by Gasteiger charge is -2.06. The van der Waals surface area contributed by atoms with Crippen LogP contribution in [-0.2, 0) is 0 Å². The number of carbonyl (C=O) groups excluding carboxylic acids is 1. The van der Waals surface area contributed by atoms with Gasteiger partial charge in [0.2, 0.25) is 0 Å². The average Bonchev–Trinajstić information content (AvgIpc) is 2.41. The van der Waals surface area contributed by atoms with Gasteiger partial charge in [0.05, 0.1) is 0 Å². The Labute approximate surface area is 113 Å². The SMILES string of the molecule is Cc1cc(C(=O)c2ccc(OC(F)F)cc2)ccc1F. The quantitative estimate of drug-likeness (QED) is 0.792. The minimum absolute atomic E-state index is 0.0214. The number of hydrogen-bond acceptors (Lipinski definition) is 2. The molecule has 0 heterocycles. The van der Waals surface area contributed by atoms with E-state index in [1.165, 1.54) is 42.5 Å². The predicted molar refractivity (Wildman–Crippen MR) is 67.6 cm³/mol. The molecule has 20 heavy (non-hydrogen) atoms. The van der Waals surface area contributed by atoms with E-state index in [-0.39, 0.29) is 17.3 Å². The summed E-state index contributed by atoms with van der Waals surface area (Å²) in [5.74, 6) is -0.717. The highest BCUT2D eigenvalue weighted by Crippen LogP contribution is 2.18. The minimum atomic E-state index is -2.91. The molecule has 0 N–H and O–H groups in total. The summed E-state index contributed by atoms with van der Waals surface area (Å²) < 4.78 is 41.3. The molecule has 0 radical (unpaired) electrons. The van der Waals surface area contributed by atoms with Crippen LogP contribution >= 0.6 is 0 Å². The summed E-state index contributed by atoms with van der Waals surface area (Å²) in [6.07, 6.45) is 0. The number of ketones is 1. The van der Waals surface area contributed by atoms with Gasteiger partial charge in [-0.2, -0.15) is 8.78 Å². The molecule has 0 spiro atoms. The van der Waals surface area contributed by atoms with E-state index < -0.39 is 6.61 Å². The van der Waals surface area contributed by atoms with Crippen molar-refractivity contribution in [2.24, 2.45) is 0 Å². The number of halogens is 3. The van der Waals surface area contributed by atoms with E-state index in [1.807, 2.05) is 0 Å². The molecule has 0 aromatic heterocycles. The van der Waals surface area contributed by atoms with Gasteiger partial charge in [-0.25, -0.2) is 4.39 Å². The van der Waals surface area contributed by atoms with Crippen molar-refractivity contribution in [3.8, 4) is 5.75 Å². The van der Waals surface area contributed by atoms with Crippen LogP contribution in [0.25, 0.3) is 0 Å². The summed E-state index contributed by atoms with van der Waals surface area (Å²) in [5.41, 5.74) is 1.03. The number of benzene rings is 2. The lowest BCUT2D eigenvalue weighted by molar-refractivity contribution is -0.0498. The molecule has 0 aliphatic rings. The number of rotatable bonds is 4. The van der Waals surface area contributed by atoms with Gasteiger partial charge in [-0.3, -0.25) is 4.79 Å². The molecule has 2 aromatic carbocycles. The van der Waals surface area contributed by atoms with E-state index in [1.54, 1.807) is 6.92 Å². The molecule has 0 aliphatic carbocycles. The van der Waals surface area contributed by atoms with Crippen LogP contribution in [0.1, 0.15) is 21.5 Å². The Bertz CT molecular complexity index is 622. The van der Waals surface area contributed by atoms with Gasteiger partial charge in [0.1, 0.15) is 11.6 Å². The van der Waals surface area contributed by atoms with Crippen LogP contribution in [0.3, 0.4) is 0 Å². The van der Waals surface area contributed by atoms with Crippen molar-refractivity contribution in [2.75, 3.05) is 0 Å². The fourth-order valence-corrected chi connectivity index (χ4v) is 1.74. The highest BCUT2D eigenvalue weighted by molar-refractivity contribution is 6.09. The largest absolute Gasteiger partial charge is 0.435 e. The Morgan fingerprint density at radius 1 is 1.05 bits per heavy atom. The van der Waals surface area contributed by atoms with Crippen LogP contribution in [0.4, 0.5) is 13.2 Å². The highest BCUT2D eigenvalue weighted by atomic mass is 19.3. The third-order valence-corrected chi connectivity index (χ3v) is 2.76. The van der Waals surface area contributed by atoms with Crippen molar-refractivity contribution < 1.29 is 22.7 Å². The average molecular weight is 280 g/mol. The molecule has 0 fully saturated rings. The minimum Gasteiger partial charge on any atom is -0.435 e. The standard InChI is InChI=1S/C15H11F3O2/c1-9-8-11(4-7-13(9)16)14(19)10-2-5-12(6-3-10)20-15(17)18/h2-8,15H,1H3. The Hall–Kier alpha value is -2.30. The normalized spacial score (nSPS) is 10.7. The maximum atomic E-state index is 13.1. The molecule has 0 aliphatic heterocycles. The van der Waals surface area contributed by atoms with Crippen molar-refractivity contribution in [3.63, 3.8) is 0 Å². The van der Waals surface area contributed by atoms with Gasteiger partial charge in [0.15, 0.2) is 5.78 Å². The number of aryl methyl sites for hydroxylation is 1. The second-order valence-corrected chi connectivity index (χ2v) is 4.20. The van der Waals surface area contributed by atoms with Crippen LogP contribution in [-0.4, -0.2) is 12.4 Å². The Morgan fingerprint density at radius 3 is 2.20 bits per heavy atom. The molecule has 0 unspecified atom stereocenters. The summed E-state index contributed by atoms with van der Waals surface area (Å²) in [4.78, 5) is 12.1. The molecule has 0 saturated heterocycles. The van der Waals surface area contributed by atoms with Crippen LogP contribution in [0.2, 0.25) is 0 Å². The van der Waals surface area contributed by atoms with E-state index in [0.29, 0.717) is 16.7 Å². The van der Waals surface area contributed by atoms with Crippen molar-refractivity contribution in [3.05, 3.63) is 65.0 Å². The Morgan fingerprint density at radius 2 is 1.65 bits per heavy atom. The van der Waals surface area contributed by atoms with Crippen molar-refractivity contribution in [1.82, 2.24) is 0 Å². The lowest BCUT2D eigenvalue weighted by Crippen LogP contribution is -2.04. The molecule has 5 heteroatoms. The number of carbonyl (C=O) groups is 1. The van der Waals surface area contributed by atoms with Gasteiger partial charge >= 0.3 is 6.61 Å². The molecule has 2 aromatic rings. The lowest BCUT2D eigenvalue weighted by atomic mass is 10.0. The zero-order valence-corrected chi connectivity index (χ0v) is 10.6. The van der Waals surface area contributed by atoms with Crippen LogP contribution < -0.4 is 4.74 Å². The number of hydrogen-bond donors (Lipinski definition) is 0. The molecule has 0 atom stereocenters. The molecule has 2 nitrogen and oxygen atoms in total. The van der Waals surface area contributed by atoms with E-state index in [4.69, 9.17) is 0 Å². The zero-order valence-electron chi connectivity index (χ0n) is 10.6. The number of alkyl halides is 2. The summed E-state index contributed by atoms with van der Waals surface area (Å²) in [6, 6.07) is 9.40. The molecule has 2 rings (SSSR count). The fourth-order valence-electron chi connectivity index (χ4n) is 1.74. The van der Waals surface area contributed by atoms with Crippen molar-refractivity contribution in [1.29, 1.82) is 0 Å². The molecule has 0 bridgehead atoms. The zero-order chi connectivity index (χ0) is 14.7. The fraction of sp³-hybridized carbons (Fsp3) is 0.133. The van der Waals surface area contributed by atoms with Gasteiger partial charge < -0.3 is 4.74 Å². The van der Waals surface area contributed by atoms with Gasteiger partial charge in [-0.15, -0.1) is 0 Å². The van der Waals surface area contributed by atoms with Gasteiger partial charge in [-0.05, 0) is 55.0 Å². The van der Waals surface area contributed by atoms with E-state index in [2.05, 4.69) is 4.74 Å². The highest BCUT2D eigenvalue weighted by Gasteiger charge is 2.11. The van der Waals surface area contributed by atoms with E-state index in [0.717, 1.165) is 0 Å². The van der Waals surface area contributed by atoms with E-state index in [9.17, 15) is 18.0 Å². The third kappa shape index (κ3) is 3.17. The first kappa shape index (κ1) is 14.1. The second-order valence-electron chi connectivity index (χ2n) is 4.20. The van der Waals surface area contributed by atoms with Gasteiger partial charge in [0.25, 0.3) is 0 Å². The summed E-state index contributed by atoms with van der Waals surface area (Å²) in [7, 11) is 0. The molecular formula is C15H11F3O2. The molecular weight excluding hydrogens is 269 g/mol.